The van der Waals surface area contributed by atoms with Crippen LogP contribution in [-0.2, 0) is 19.6 Å². The lowest BCUT2D eigenvalue weighted by atomic mass is 9.80. The number of hydrogen-bond donors (Lipinski definition) is 1. The Bertz CT molecular complexity index is 2410. The zero-order chi connectivity index (χ0) is 41.7. The lowest BCUT2D eigenvalue weighted by Gasteiger charge is -2.37. The Labute approximate surface area is 361 Å². The van der Waals surface area contributed by atoms with E-state index in [0.29, 0.717) is 27.1 Å². The number of nitrogens with one attached hydrogen (secondary N) is 1. The molecule has 5 aromatic carbocycles. The second-order valence-corrected chi connectivity index (χ2v) is 16.1. The third-order valence-electron chi connectivity index (χ3n) is 9.63. The molecule has 1 aromatic heterocycles. The van der Waals surface area contributed by atoms with Gasteiger partial charge in [0.1, 0.15) is 47.0 Å². The molecule has 306 valence electrons. The van der Waals surface area contributed by atoms with Crippen molar-refractivity contribution >= 4 is 55.0 Å². The molecule has 0 saturated carbocycles. The molecule has 0 radical (unpaired) electrons. The van der Waals surface area contributed by atoms with Crippen LogP contribution in [0.5, 0.6) is 23.0 Å². The molecule has 0 aliphatic carbocycles. The number of aryl methyl sites for hydroxylation is 1. The molecule has 2 heterocycles. The van der Waals surface area contributed by atoms with Gasteiger partial charge in [-0.3, -0.25) is 18.9 Å². The number of methoxy groups -OCH3 is 2. The monoisotopic (exact) mass is 896 g/mol. The van der Waals surface area contributed by atoms with Crippen molar-refractivity contribution in [3.63, 3.8) is 0 Å². The maximum Gasteiger partial charge on any atom is 0.463 e. The van der Waals surface area contributed by atoms with E-state index in [1.54, 1.807) is 45.4 Å². The topological polar surface area (TPSA) is 119 Å². The molecule has 1 aliphatic rings. The van der Waals surface area contributed by atoms with Crippen molar-refractivity contribution < 1.29 is 32.5 Å². The first-order chi connectivity index (χ1) is 28.5. The third kappa shape index (κ3) is 9.59. The van der Waals surface area contributed by atoms with Gasteiger partial charge in [-0.2, -0.15) is 0 Å². The van der Waals surface area contributed by atoms with Crippen LogP contribution in [0.2, 0.25) is 20.1 Å². The molecule has 0 unspecified atom stereocenters. The largest absolute Gasteiger partial charge is 0.497 e. The summed E-state index contributed by atoms with van der Waals surface area (Å²) in [7, 11) is 0.853. The lowest BCUT2D eigenvalue weighted by molar-refractivity contribution is -0.0921. The van der Waals surface area contributed by atoms with Crippen molar-refractivity contribution in [2.45, 2.75) is 37.4 Å². The van der Waals surface area contributed by atoms with Crippen LogP contribution in [0.25, 0.3) is 0 Å². The van der Waals surface area contributed by atoms with E-state index in [1.807, 2.05) is 78.9 Å². The highest BCUT2D eigenvalue weighted by Gasteiger charge is 2.45. The molecule has 0 bridgehead atoms. The minimum absolute atomic E-state index is 0.0855. The molecule has 11 nitrogen and oxygen atoms in total. The van der Waals surface area contributed by atoms with Gasteiger partial charge < -0.3 is 28.0 Å². The minimum atomic E-state index is -2.35. The van der Waals surface area contributed by atoms with Gasteiger partial charge in [0.2, 0.25) is 0 Å². The highest BCUT2D eigenvalue weighted by molar-refractivity contribution is 7.42. The molecule has 7 rings (SSSR count). The summed E-state index contributed by atoms with van der Waals surface area (Å²) in [6.07, 6.45) is -1.05. The van der Waals surface area contributed by atoms with Crippen LogP contribution < -0.4 is 29.8 Å². The summed E-state index contributed by atoms with van der Waals surface area (Å²) in [5.41, 5.74) is 0.332. The molecular formula is C43H37Cl4N2O9P. The van der Waals surface area contributed by atoms with Gasteiger partial charge in [-0.1, -0.05) is 101 Å². The molecular weight excluding hydrogens is 861 g/mol. The standard InChI is InChI=1S/C43H37Cl4N2O9P/c1-26-24-49(42(51)48-41(26)50)40-23-38(58-59(56-36-19-13-30(44)21-34(36)46)57-37-20-14-31(45)22-35(37)47)39(55-40)25-54-43(27-7-5-4-6-8-27,28-9-15-32(52-2)16-10-28)29-11-17-33(53-3)18-12-29/h4-22,24,38-40H,23,25H2,1-3H3,(H,48,50,51)/t38-,39+,40+/m0/s1. The van der Waals surface area contributed by atoms with Crippen molar-refractivity contribution in [2.24, 2.45) is 0 Å². The Balaban J connectivity index is 1.31. The first-order valence-corrected chi connectivity index (χ1v) is 20.8. The Kier molecular flexibility index (Phi) is 13.6. The number of aromatic nitrogens is 2. The Morgan fingerprint density at radius 3 is 1.78 bits per heavy atom. The number of nitrogens with zero attached hydrogens (tertiary/aromatic N) is 1. The molecule has 1 saturated heterocycles. The Hall–Kier alpha value is -4.55. The summed E-state index contributed by atoms with van der Waals surface area (Å²) in [6.45, 7) is 1.51. The first kappa shape index (κ1) is 42.6. The van der Waals surface area contributed by atoms with Crippen molar-refractivity contribution in [3.8, 4) is 23.0 Å². The van der Waals surface area contributed by atoms with Gasteiger partial charge in [0.05, 0.1) is 30.9 Å². The van der Waals surface area contributed by atoms with Gasteiger partial charge in [0.25, 0.3) is 5.56 Å². The van der Waals surface area contributed by atoms with E-state index >= 15 is 0 Å². The highest BCUT2D eigenvalue weighted by atomic mass is 35.5. The van der Waals surface area contributed by atoms with Crippen LogP contribution in [-0.4, -0.2) is 42.6 Å². The van der Waals surface area contributed by atoms with Gasteiger partial charge in [0.15, 0.2) is 0 Å². The number of hydrogen-bond acceptors (Lipinski definition) is 9. The molecule has 1 N–H and O–H groups in total. The number of aromatic amines is 1. The van der Waals surface area contributed by atoms with Crippen LogP contribution in [0.1, 0.15) is 34.9 Å². The highest BCUT2D eigenvalue weighted by Crippen LogP contribution is 2.50. The Morgan fingerprint density at radius 1 is 0.746 bits per heavy atom. The van der Waals surface area contributed by atoms with Crippen molar-refractivity contribution in [2.75, 3.05) is 20.8 Å². The zero-order valence-electron chi connectivity index (χ0n) is 31.8. The average molecular weight is 899 g/mol. The normalized spacial score (nSPS) is 16.6. The van der Waals surface area contributed by atoms with Crippen molar-refractivity contribution in [1.29, 1.82) is 0 Å². The fraction of sp³-hybridized carbons (Fsp3) is 0.209. The summed E-state index contributed by atoms with van der Waals surface area (Å²) < 4.78 is 45.5. The van der Waals surface area contributed by atoms with E-state index in [9.17, 15) is 9.59 Å². The molecule has 3 atom stereocenters. The number of H-pyrrole nitrogens is 1. The molecule has 16 heteroatoms. The van der Waals surface area contributed by atoms with Crippen LogP contribution in [0.15, 0.2) is 131 Å². The van der Waals surface area contributed by atoms with E-state index in [4.69, 9.17) is 78.9 Å². The molecule has 1 fully saturated rings. The summed E-state index contributed by atoms with van der Waals surface area (Å²) in [5, 5.41) is 1.22. The summed E-state index contributed by atoms with van der Waals surface area (Å²) in [6, 6.07) is 34.5. The second kappa shape index (κ2) is 18.8. The number of ether oxygens (including phenoxy) is 4. The zero-order valence-corrected chi connectivity index (χ0v) is 35.7. The molecule has 1 aliphatic heterocycles. The van der Waals surface area contributed by atoms with Crippen molar-refractivity contribution in [1.82, 2.24) is 9.55 Å². The smallest absolute Gasteiger partial charge is 0.463 e. The lowest BCUT2D eigenvalue weighted by Crippen LogP contribution is -2.38. The van der Waals surface area contributed by atoms with Gasteiger partial charge in [-0.25, -0.2) is 4.79 Å². The van der Waals surface area contributed by atoms with E-state index in [1.165, 1.54) is 22.9 Å². The fourth-order valence-electron chi connectivity index (χ4n) is 6.64. The van der Waals surface area contributed by atoms with Crippen LogP contribution in [0, 0.1) is 6.92 Å². The maximum atomic E-state index is 13.2. The van der Waals surface area contributed by atoms with Gasteiger partial charge >= 0.3 is 14.3 Å². The van der Waals surface area contributed by atoms with Crippen LogP contribution in [0.4, 0.5) is 0 Å². The van der Waals surface area contributed by atoms with Gasteiger partial charge in [-0.05, 0) is 84.3 Å². The predicted octanol–water partition coefficient (Wildman–Crippen LogP) is 10.5. The van der Waals surface area contributed by atoms with Gasteiger partial charge in [0, 0.05) is 28.2 Å². The quantitative estimate of drug-likeness (QED) is 0.0794. The molecule has 0 amide bonds. The van der Waals surface area contributed by atoms with E-state index < -0.39 is 43.9 Å². The second-order valence-electron chi connectivity index (χ2n) is 13.4. The SMILES string of the molecule is COc1ccc(C(OC[C@H]2O[C@@H](n3cc(C)c(=O)[nH]c3=O)C[C@@H]2OP(Oc2ccc(Cl)cc2Cl)Oc2ccc(Cl)cc2Cl)(c2ccccc2)c2ccc(OC)cc2)cc1. The minimum Gasteiger partial charge on any atom is -0.497 e. The van der Waals surface area contributed by atoms with E-state index in [2.05, 4.69) is 4.98 Å². The Morgan fingerprint density at radius 2 is 1.27 bits per heavy atom. The molecule has 59 heavy (non-hydrogen) atoms. The molecule has 6 aromatic rings. The van der Waals surface area contributed by atoms with Crippen LogP contribution >= 0.6 is 55.0 Å². The van der Waals surface area contributed by atoms with E-state index in [-0.39, 0.29) is 34.6 Å². The summed E-state index contributed by atoms with van der Waals surface area (Å²) in [4.78, 5) is 28.0. The fourth-order valence-corrected chi connectivity index (χ4v) is 8.85. The molecule has 0 spiro atoms. The predicted molar refractivity (Wildman–Crippen MR) is 229 cm³/mol. The number of rotatable bonds is 15. The third-order valence-corrected chi connectivity index (χ3v) is 11.8. The van der Waals surface area contributed by atoms with Gasteiger partial charge in [-0.15, -0.1) is 0 Å². The summed E-state index contributed by atoms with van der Waals surface area (Å²) >= 11 is 25.5. The number of benzene rings is 5. The van der Waals surface area contributed by atoms with Crippen LogP contribution in [0.3, 0.4) is 0 Å². The maximum absolute atomic E-state index is 13.2. The first-order valence-electron chi connectivity index (χ1n) is 18.2. The average Bonchev–Trinajstić information content (AvgIpc) is 3.64. The number of halogens is 4. The van der Waals surface area contributed by atoms with E-state index in [0.717, 1.165) is 16.7 Å². The van der Waals surface area contributed by atoms with Crippen molar-refractivity contribution in [3.05, 3.63) is 185 Å². The summed E-state index contributed by atoms with van der Waals surface area (Å²) in [5.74, 6) is 1.78.